The molecule has 1 rings (SSSR count). The Kier molecular flexibility index (Phi) is 2.65. The third-order valence-electron chi connectivity index (χ3n) is 1.79. The zero-order valence-corrected chi connectivity index (χ0v) is 7.93. The molecule has 11 heavy (non-hydrogen) atoms. The van der Waals surface area contributed by atoms with Crippen LogP contribution in [0.25, 0.3) is 0 Å². The van der Waals surface area contributed by atoms with Crippen molar-refractivity contribution in [1.82, 2.24) is 4.90 Å². The summed E-state index contributed by atoms with van der Waals surface area (Å²) >= 11 is 3.24. The van der Waals surface area contributed by atoms with Crippen LogP contribution in [-0.4, -0.2) is 34.5 Å². The third-order valence-corrected chi connectivity index (χ3v) is 2.76. The van der Waals surface area contributed by atoms with Crippen LogP contribution in [-0.2, 0) is 9.59 Å². The number of halogens is 1. The second-order valence-corrected chi connectivity index (χ2v) is 3.77. The maximum atomic E-state index is 11.1. The fourth-order valence-corrected chi connectivity index (χ4v) is 1.41. The highest BCUT2D eigenvalue weighted by molar-refractivity contribution is 9.10. The lowest BCUT2D eigenvalue weighted by molar-refractivity contribution is -0.135. The summed E-state index contributed by atoms with van der Waals surface area (Å²) in [5.74, 6) is 0.0872. The summed E-state index contributed by atoms with van der Waals surface area (Å²) in [5, 5.41) is 0. The number of carbonyl (C=O) groups is 2. The highest BCUT2D eigenvalue weighted by Gasteiger charge is 2.25. The van der Waals surface area contributed by atoms with Gasteiger partial charge in [-0.25, -0.2) is 0 Å². The Labute approximate surface area is 73.9 Å². The number of amides is 1. The van der Waals surface area contributed by atoms with Crippen LogP contribution in [0.3, 0.4) is 0 Å². The number of Topliss-reactive ketones (excluding diaryl/α,β-unsaturated/α-hetero) is 1. The first kappa shape index (κ1) is 8.71. The van der Waals surface area contributed by atoms with E-state index in [1.165, 1.54) is 6.92 Å². The average Bonchev–Trinajstić information content (AvgIpc) is 1.94. The van der Waals surface area contributed by atoms with Crippen molar-refractivity contribution >= 4 is 27.6 Å². The quantitative estimate of drug-likeness (QED) is 0.559. The molecular weight excluding hydrogens is 210 g/mol. The van der Waals surface area contributed by atoms with Gasteiger partial charge in [-0.1, -0.05) is 15.9 Å². The molecule has 62 valence electrons. The lowest BCUT2D eigenvalue weighted by Crippen LogP contribution is -2.43. The van der Waals surface area contributed by atoms with Crippen molar-refractivity contribution in [2.45, 2.75) is 18.2 Å². The van der Waals surface area contributed by atoms with E-state index in [0.717, 1.165) is 6.42 Å². The Balaban J connectivity index is 2.53. The fraction of sp³-hybridized carbons (Fsp3) is 0.714. The number of carbonyl (C=O) groups excluding carboxylic acids is 2. The molecule has 1 aliphatic rings. The van der Waals surface area contributed by atoms with Gasteiger partial charge in [-0.15, -0.1) is 0 Å². The normalized spacial score (nSPS) is 25.5. The second-order valence-electron chi connectivity index (χ2n) is 2.66. The van der Waals surface area contributed by atoms with Crippen LogP contribution in [0.4, 0.5) is 0 Å². The predicted octanol–water partition coefficient (Wildman–Crippen LogP) is 0.571. The van der Waals surface area contributed by atoms with Crippen molar-refractivity contribution in [1.29, 1.82) is 0 Å². The standard InChI is InChI=1S/C7H10BrNO2/c1-5(10)9-3-2-6(8)7(11)4-9/h6H,2-4H2,1H3. The van der Waals surface area contributed by atoms with Crippen LogP contribution in [0.15, 0.2) is 0 Å². The lowest BCUT2D eigenvalue weighted by Gasteiger charge is -2.27. The monoisotopic (exact) mass is 219 g/mol. The van der Waals surface area contributed by atoms with E-state index in [2.05, 4.69) is 15.9 Å². The molecule has 1 amide bonds. The highest BCUT2D eigenvalue weighted by atomic mass is 79.9. The molecule has 1 fully saturated rings. The molecule has 0 aromatic rings. The highest BCUT2D eigenvalue weighted by Crippen LogP contribution is 2.14. The summed E-state index contributed by atoms with van der Waals surface area (Å²) in [7, 11) is 0. The predicted molar refractivity (Wildman–Crippen MR) is 44.6 cm³/mol. The summed E-state index contributed by atoms with van der Waals surface area (Å²) in [6.07, 6.45) is 0.735. The number of piperidine rings is 1. The van der Waals surface area contributed by atoms with Crippen molar-refractivity contribution in [3.63, 3.8) is 0 Å². The summed E-state index contributed by atoms with van der Waals surface area (Å²) < 4.78 is 0. The largest absolute Gasteiger partial charge is 0.336 e. The van der Waals surface area contributed by atoms with E-state index in [1.807, 2.05) is 0 Å². The van der Waals surface area contributed by atoms with Gasteiger partial charge in [0.05, 0.1) is 11.4 Å². The van der Waals surface area contributed by atoms with Crippen molar-refractivity contribution in [2.75, 3.05) is 13.1 Å². The molecule has 1 heterocycles. The molecule has 0 aromatic heterocycles. The van der Waals surface area contributed by atoms with Gasteiger partial charge in [-0.2, -0.15) is 0 Å². The Morgan fingerprint density at radius 3 is 2.82 bits per heavy atom. The number of nitrogens with zero attached hydrogens (tertiary/aromatic N) is 1. The SMILES string of the molecule is CC(=O)N1CCC(Br)C(=O)C1. The van der Waals surface area contributed by atoms with Crippen molar-refractivity contribution in [3.05, 3.63) is 0 Å². The molecule has 0 saturated carbocycles. The lowest BCUT2D eigenvalue weighted by atomic mass is 10.1. The number of hydrogen-bond acceptors (Lipinski definition) is 2. The number of likely N-dealkylation sites (tertiary alicyclic amines) is 1. The maximum Gasteiger partial charge on any atom is 0.219 e. The van der Waals surface area contributed by atoms with Crippen LogP contribution < -0.4 is 0 Å². The first-order valence-electron chi connectivity index (χ1n) is 3.53. The first-order chi connectivity index (χ1) is 5.11. The molecule has 0 aliphatic carbocycles. The van der Waals surface area contributed by atoms with E-state index in [-0.39, 0.29) is 23.1 Å². The molecule has 0 aromatic carbocycles. The smallest absolute Gasteiger partial charge is 0.219 e. The Hall–Kier alpha value is -0.380. The van der Waals surface area contributed by atoms with Gasteiger partial charge in [0.1, 0.15) is 0 Å². The Morgan fingerprint density at radius 2 is 2.36 bits per heavy atom. The molecule has 1 saturated heterocycles. The van der Waals surface area contributed by atoms with Crippen LogP contribution in [0.5, 0.6) is 0 Å². The summed E-state index contributed by atoms with van der Waals surface area (Å²) in [6, 6.07) is 0. The molecule has 3 nitrogen and oxygen atoms in total. The van der Waals surface area contributed by atoms with Crippen molar-refractivity contribution in [2.24, 2.45) is 0 Å². The molecule has 0 bridgehead atoms. The zero-order valence-electron chi connectivity index (χ0n) is 6.34. The number of hydrogen-bond donors (Lipinski definition) is 0. The molecular formula is C7H10BrNO2. The van der Waals surface area contributed by atoms with E-state index in [9.17, 15) is 9.59 Å². The van der Waals surface area contributed by atoms with Crippen molar-refractivity contribution in [3.8, 4) is 0 Å². The minimum Gasteiger partial charge on any atom is -0.336 e. The van der Waals surface area contributed by atoms with Crippen LogP contribution in [0.2, 0.25) is 0 Å². The maximum absolute atomic E-state index is 11.1. The van der Waals surface area contributed by atoms with Crippen LogP contribution in [0.1, 0.15) is 13.3 Å². The molecule has 1 unspecified atom stereocenters. The number of rotatable bonds is 0. The van der Waals surface area contributed by atoms with E-state index in [4.69, 9.17) is 0 Å². The fourth-order valence-electron chi connectivity index (χ4n) is 1.07. The van der Waals surface area contributed by atoms with E-state index >= 15 is 0 Å². The minimum absolute atomic E-state index is 0.0160. The van der Waals surface area contributed by atoms with Gasteiger partial charge < -0.3 is 4.90 Å². The van der Waals surface area contributed by atoms with Crippen molar-refractivity contribution < 1.29 is 9.59 Å². The number of ketones is 1. The second kappa shape index (κ2) is 3.34. The third kappa shape index (κ3) is 2.02. The molecule has 0 N–H and O–H groups in total. The average molecular weight is 220 g/mol. The first-order valence-corrected chi connectivity index (χ1v) is 4.45. The number of alkyl halides is 1. The van der Waals surface area contributed by atoms with Crippen LogP contribution >= 0.6 is 15.9 Å². The van der Waals surface area contributed by atoms with E-state index in [0.29, 0.717) is 6.54 Å². The molecule has 1 atom stereocenters. The van der Waals surface area contributed by atoms with E-state index < -0.39 is 0 Å². The molecule has 0 radical (unpaired) electrons. The summed E-state index contributed by atoms with van der Waals surface area (Å²) in [5.41, 5.74) is 0. The van der Waals surface area contributed by atoms with E-state index in [1.54, 1.807) is 4.90 Å². The van der Waals surface area contributed by atoms with Gasteiger partial charge in [0.15, 0.2) is 5.78 Å². The van der Waals surface area contributed by atoms with Crippen LogP contribution in [0, 0.1) is 0 Å². The van der Waals surface area contributed by atoms with Gasteiger partial charge in [0.25, 0.3) is 0 Å². The molecule has 0 spiro atoms. The summed E-state index contributed by atoms with van der Waals surface area (Å²) in [6.45, 7) is 2.45. The Bertz CT molecular complexity index is 193. The van der Waals surface area contributed by atoms with Gasteiger partial charge in [-0.05, 0) is 6.42 Å². The molecule has 1 aliphatic heterocycles. The minimum atomic E-state index is -0.0434. The van der Waals surface area contributed by atoms with Gasteiger partial charge in [0, 0.05) is 13.5 Å². The summed E-state index contributed by atoms with van der Waals surface area (Å²) in [4.78, 5) is 23.4. The topological polar surface area (TPSA) is 37.4 Å². The Morgan fingerprint density at radius 1 is 1.73 bits per heavy atom. The van der Waals surface area contributed by atoms with Gasteiger partial charge in [-0.3, -0.25) is 9.59 Å². The zero-order chi connectivity index (χ0) is 8.43. The van der Waals surface area contributed by atoms with Gasteiger partial charge >= 0.3 is 0 Å². The molecule has 4 heteroatoms. The van der Waals surface area contributed by atoms with Gasteiger partial charge in [0.2, 0.25) is 5.91 Å².